The van der Waals surface area contributed by atoms with Gasteiger partial charge in [0.15, 0.2) is 0 Å². The summed E-state index contributed by atoms with van der Waals surface area (Å²) < 4.78 is 5.86. The first-order valence-electron chi connectivity index (χ1n) is 8.44. The van der Waals surface area contributed by atoms with Crippen molar-refractivity contribution in [3.8, 4) is 0 Å². The first-order valence-corrected chi connectivity index (χ1v) is 8.44. The number of piperazine rings is 1. The van der Waals surface area contributed by atoms with E-state index in [1.165, 1.54) is 0 Å². The molecule has 0 amide bonds. The predicted molar refractivity (Wildman–Crippen MR) is 95.0 cm³/mol. The van der Waals surface area contributed by atoms with Gasteiger partial charge in [-0.25, -0.2) is 4.79 Å². The maximum Gasteiger partial charge on any atom is 0.338 e. The molecule has 0 aliphatic carbocycles. The average molecular weight is 324 g/mol. The third kappa shape index (κ3) is 4.43. The van der Waals surface area contributed by atoms with E-state index < -0.39 is 0 Å². The van der Waals surface area contributed by atoms with Crippen LogP contribution in [-0.2, 0) is 4.74 Å². The molecule has 1 aliphatic rings. The van der Waals surface area contributed by atoms with Gasteiger partial charge in [-0.1, -0.05) is 48.5 Å². The number of carbonyl (C=O) groups excluding carboxylic acids is 1. The van der Waals surface area contributed by atoms with Crippen LogP contribution in [-0.4, -0.2) is 55.5 Å². The fourth-order valence-corrected chi connectivity index (χ4v) is 2.91. The Morgan fingerprint density at radius 1 is 0.958 bits per heavy atom. The minimum atomic E-state index is -0.265. The van der Waals surface area contributed by atoms with Crippen molar-refractivity contribution in [1.82, 2.24) is 9.80 Å². The van der Waals surface area contributed by atoms with Crippen LogP contribution in [0, 0.1) is 0 Å². The zero-order valence-corrected chi connectivity index (χ0v) is 14.1. The van der Waals surface area contributed by atoms with E-state index in [1.807, 2.05) is 48.5 Å². The van der Waals surface area contributed by atoms with Gasteiger partial charge < -0.3 is 9.64 Å². The van der Waals surface area contributed by atoms with E-state index in [9.17, 15) is 4.79 Å². The first kappa shape index (κ1) is 16.7. The highest BCUT2D eigenvalue weighted by molar-refractivity contribution is 5.89. The Bertz CT molecular complexity index is 637. The summed E-state index contributed by atoms with van der Waals surface area (Å²) in [4.78, 5) is 17.2. The monoisotopic (exact) mass is 324 g/mol. The van der Waals surface area contributed by atoms with Gasteiger partial charge in [0.05, 0.1) is 5.56 Å². The fraction of sp³-hybridized carbons (Fsp3) is 0.350. The predicted octanol–water partition coefficient (Wildman–Crippen LogP) is 2.83. The number of hydrogen-bond donors (Lipinski definition) is 0. The topological polar surface area (TPSA) is 32.8 Å². The van der Waals surface area contributed by atoms with Crippen molar-refractivity contribution in [3.63, 3.8) is 0 Å². The highest BCUT2D eigenvalue weighted by atomic mass is 16.5. The van der Waals surface area contributed by atoms with Crippen LogP contribution in [0.4, 0.5) is 0 Å². The zero-order valence-electron chi connectivity index (χ0n) is 14.1. The molecule has 1 fully saturated rings. The molecular weight excluding hydrogens is 300 g/mol. The second kappa shape index (κ2) is 8.08. The van der Waals surface area contributed by atoms with Crippen molar-refractivity contribution in [3.05, 3.63) is 71.8 Å². The van der Waals surface area contributed by atoms with Crippen molar-refractivity contribution >= 4 is 5.97 Å². The van der Waals surface area contributed by atoms with Gasteiger partial charge in [0.25, 0.3) is 0 Å². The van der Waals surface area contributed by atoms with Crippen LogP contribution in [0.15, 0.2) is 60.7 Å². The zero-order chi connectivity index (χ0) is 16.8. The number of likely N-dealkylation sites (N-methyl/N-ethyl adjacent to an activating group) is 1. The van der Waals surface area contributed by atoms with E-state index in [0.717, 1.165) is 38.3 Å². The highest BCUT2D eigenvalue weighted by Gasteiger charge is 2.23. The van der Waals surface area contributed by atoms with Gasteiger partial charge >= 0.3 is 5.97 Å². The molecular formula is C20H24N2O2. The summed E-state index contributed by atoms with van der Waals surface area (Å²) in [5.74, 6) is -0.265. The molecule has 2 aromatic rings. The van der Waals surface area contributed by atoms with Crippen LogP contribution < -0.4 is 0 Å². The maximum atomic E-state index is 12.5. The Morgan fingerprint density at radius 3 is 2.17 bits per heavy atom. The minimum absolute atomic E-state index is 0.248. The molecule has 1 unspecified atom stereocenters. The summed E-state index contributed by atoms with van der Waals surface area (Å²) in [6.45, 7) is 4.84. The number of esters is 1. The lowest BCUT2D eigenvalue weighted by atomic mass is 10.1. The Hall–Kier alpha value is -2.17. The summed E-state index contributed by atoms with van der Waals surface area (Å²) in [5.41, 5.74) is 1.64. The van der Waals surface area contributed by atoms with E-state index >= 15 is 0 Å². The van der Waals surface area contributed by atoms with Gasteiger partial charge in [-0.05, 0) is 24.7 Å². The number of ether oxygens (including phenoxy) is 1. The van der Waals surface area contributed by atoms with E-state index in [2.05, 4.69) is 16.8 Å². The number of carbonyl (C=O) groups is 1. The van der Waals surface area contributed by atoms with Gasteiger partial charge in [-0.2, -0.15) is 0 Å². The molecule has 0 bridgehead atoms. The lowest BCUT2D eigenvalue weighted by molar-refractivity contribution is 0.0147. The quantitative estimate of drug-likeness (QED) is 0.792. The summed E-state index contributed by atoms with van der Waals surface area (Å²) >= 11 is 0. The second-order valence-corrected chi connectivity index (χ2v) is 6.27. The van der Waals surface area contributed by atoms with Gasteiger partial charge in [-0.3, -0.25) is 4.90 Å². The van der Waals surface area contributed by atoms with Crippen LogP contribution in [0.5, 0.6) is 0 Å². The maximum absolute atomic E-state index is 12.5. The molecule has 1 saturated heterocycles. The van der Waals surface area contributed by atoms with E-state index in [-0.39, 0.29) is 12.1 Å². The van der Waals surface area contributed by atoms with Gasteiger partial charge in [0.2, 0.25) is 0 Å². The Morgan fingerprint density at radius 2 is 1.54 bits per heavy atom. The average Bonchev–Trinajstić information content (AvgIpc) is 2.64. The molecule has 4 heteroatoms. The molecule has 4 nitrogen and oxygen atoms in total. The molecule has 3 rings (SSSR count). The van der Waals surface area contributed by atoms with Crippen LogP contribution in [0.1, 0.15) is 22.0 Å². The summed E-state index contributed by atoms with van der Waals surface area (Å²) in [5, 5.41) is 0. The number of benzene rings is 2. The first-order chi connectivity index (χ1) is 11.7. The Balaban J connectivity index is 1.71. The molecule has 0 aromatic heterocycles. The number of hydrogen-bond acceptors (Lipinski definition) is 4. The molecule has 0 radical (unpaired) electrons. The molecule has 0 N–H and O–H groups in total. The van der Waals surface area contributed by atoms with Gasteiger partial charge in [-0.15, -0.1) is 0 Å². The van der Waals surface area contributed by atoms with Crippen LogP contribution in [0.25, 0.3) is 0 Å². The standard InChI is InChI=1S/C20H24N2O2/c1-21-12-14-22(15-13-21)16-19(17-8-4-2-5-9-17)24-20(23)18-10-6-3-7-11-18/h2-11,19H,12-16H2,1H3. The van der Waals surface area contributed by atoms with E-state index in [4.69, 9.17) is 4.74 Å². The van der Waals surface area contributed by atoms with Gasteiger partial charge in [0, 0.05) is 32.7 Å². The Kier molecular flexibility index (Phi) is 5.62. The largest absolute Gasteiger partial charge is 0.453 e. The molecule has 1 heterocycles. The van der Waals surface area contributed by atoms with Crippen molar-refractivity contribution < 1.29 is 9.53 Å². The van der Waals surface area contributed by atoms with Crippen molar-refractivity contribution in [2.45, 2.75) is 6.10 Å². The minimum Gasteiger partial charge on any atom is -0.453 e. The fourth-order valence-electron chi connectivity index (χ4n) is 2.91. The van der Waals surface area contributed by atoms with Crippen molar-refractivity contribution in [2.75, 3.05) is 39.8 Å². The molecule has 2 aromatic carbocycles. The lowest BCUT2D eigenvalue weighted by Gasteiger charge is -2.34. The van der Waals surface area contributed by atoms with E-state index in [1.54, 1.807) is 12.1 Å². The molecule has 0 saturated carbocycles. The Labute approximate surface area is 143 Å². The lowest BCUT2D eigenvalue weighted by Crippen LogP contribution is -2.46. The SMILES string of the molecule is CN1CCN(CC(OC(=O)c2ccccc2)c2ccccc2)CC1. The molecule has 1 aliphatic heterocycles. The highest BCUT2D eigenvalue weighted by Crippen LogP contribution is 2.21. The molecule has 0 spiro atoms. The third-order valence-corrected chi connectivity index (χ3v) is 4.45. The summed E-state index contributed by atoms with van der Waals surface area (Å²) in [6, 6.07) is 19.2. The third-order valence-electron chi connectivity index (χ3n) is 4.45. The van der Waals surface area contributed by atoms with Crippen LogP contribution in [0.2, 0.25) is 0 Å². The molecule has 24 heavy (non-hydrogen) atoms. The van der Waals surface area contributed by atoms with E-state index in [0.29, 0.717) is 5.56 Å². The van der Waals surface area contributed by atoms with Crippen LogP contribution in [0.3, 0.4) is 0 Å². The van der Waals surface area contributed by atoms with Crippen LogP contribution >= 0.6 is 0 Å². The smallest absolute Gasteiger partial charge is 0.338 e. The normalized spacial score (nSPS) is 17.4. The van der Waals surface area contributed by atoms with Gasteiger partial charge in [0.1, 0.15) is 6.10 Å². The van der Waals surface area contributed by atoms with Crippen molar-refractivity contribution in [2.24, 2.45) is 0 Å². The molecule has 126 valence electrons. The summed E-state index contributed by atoms with van der Waals surface area (Å²) in [6.07, 6.45) is -0.248. The molecule has 1 atom stereocenters. The summed E-state index contributed by atoms with van der Waals surface area (Å²) in [7, 11) is 2.14. The number of nitrogens with zero attached hydrogens (tertiary/aromatic N) is 2. The van der Waals surface area contributed by atoms with Crippen molar-refractivity contribution in [1.29, 1.82) is 0 Å². The second-order valence-electron chi connectivity index (χ2n) is 6.27. The number of rotatable bonds is 5.